The number of rotatable bonds is 5. The number of piperazine rings is 1. The van der Waals surface area contributed by atoms with Gasteiger partial charge in [-0.25, -0.2) is 9.97 Å². The van der Waals surface area contributed by atoms with E-state index >= 15 is 0 Å². The minimum Gasteiger partial charge on any atom is -0.497 e. The first-order chi connectivity index (χ1) is 14.1. The number of fused-ring (bicyclic) bond motifs is 1. The molecule has 0 radical (unpaired) electrons. The van der Waals surface area contributed by atoms with E-state index in [2.05, 4.69) is 22.9 Å². The number of benzene rings is 1. The number of anilines is 1. The fourth-order valence-corrected chi connectivity index (χ4v) is 4.68. The van der Waals surface area contributed by atoms with Gasteiger partial charge < -0.3 is 14.5 Å². The molecule has 1 aromatic carbocycles. The molecule has 3 heterocycles. The zero-order chi connectivity index (χ0) is 20.4. The zero-order valence-corrected chi connectivity index (χ0v) is 18.0. The largest absolute Gasteiger partial charge is 0.497 e. The molecule has 3 aromatic rings. The molecule has 1 aliphatic heterocycles. The summed E-state index contributed by atoms with van der Waals surface area (Å²) in [6, 6.07) is 9.92. The molecular weight excluding hydrogens is 384 g/mol. The van der Waals surface area contributed by atoms with Gasteiger partial charge in [0.05, 0.1) is 18.9 Å². The van der Waals surface area contributed by atoms with Crippen molar-refractivity contribution in [3.05, 3.63) is 46.6 Å². The molecule has 152 valence electrons. The lowest BCUT2D eigenvalue weighted by Crippen LogP contribution is -2.49. The number of amides is 1. The summed E-state index contributed by atoms with van der Waals surface area (Å²) in [6.45, 7) is 7.11. The minimum atomic E-state index is 0.169. The molecule has 4 rings (SSSR count). The Labute approximate surface area is 175 Å². The molecule has 0 aliphatic carbocycles. The Morgan fingerprint density at radius 2 is 1.86 bits per heavy atom. The van der Waals surface area contributed by atoms with Crippen molar-refractivity contribution < 1.29 is 9.53 Å². The molecule has 7 heteroatoms. The molecule has 1 fully saturated rings. The Kier molecular flexibility index (Phi) is 5.67. The lowest BCUT2D eigenvalue weighted by Gasteiger charge is -2.35. The third-order valence-electron chi connectivity index (χ3n) is 5.33. The van der Waals surface area contributed by atoms with Crippen molar-refractivity contribution >= 4 is 33.3 Å². The molecule has 0 saturated carbocycles. The van der Waals surface area contributed by atoms with Gasteiger partial charge in [-0.3, -0.25) is 4.79 Å². The van der Waals surface area contributed by atoms with E-state index in [1.54, 1.807) is 18.4 Å². The van der Waals surface area contributed by atoms with Gasteiger partial charge in [0.15, 0.2) is 0 Å². The predicted molar refractivity (Wildman–Crippen MR) is 117 cm³/mol. The molecule has 0 atom stereocenters. The van der Waals surface area contributed by atoms with E-state index in [0.717, 1.165) is 52.7 Å². The highest BCUT2D eigenvalue weighted by molar-refractivity contribution is 7.18. The third-order valence-corrected chi connectivity index (χ3v) is 6.50. The fourth-order valence-electron chi connectivity index (χ4n) is 3.67. The van der Waals surface area contributed by atoms with Crippen molar-refractivity contribution in [3.8, 4) is 5.75 Å². The first-order valence-corrected chi connectivity index (χ1v) is 10.8. The molecule has 0 unspecified atom stereocenters. The summed E-state index contributed by atoms with van der Waals surface area (Å²) in [7, 11) is 1.64. The number of methoxy groups -OCH3 is 1. The van der Waals surface area contributed by atoms with E-state index < -0.39 is 0 Å². The topological polar surface area (TPSA) is 58.6 Å². The second-order valence-electron chi connectivity index (χ2n) is 7.27. The summed E-state index contributed by atoms with van der Waals surface area (Å²) in [6.07, 6.45) is 1.43. The van der Waals surface area contributed by atoms with Gasteiger partial charge in [-0.05, 0) is 37.1 Å². The Balaban J connectivity index is 1.43. The van der Waals surface area contributed by atoms with Gasteiger partial charge in [0.25, 0.3) is 0 Å². The van der Waals surface area contributed by atoms with Gasteiger partial charge in [-0.2, -0.15) is 0 Å². The third kappa shape index (κ3) is 4.19. The summed E-state index contributed by atoms with van der Waals surface area (Å²) in [5.74, 6) is 2.78. The van der Waals surface area contributed by atoms with Crippen LogP contribution in [-0.2, 0) is 17.6 Å². The molecule has 0 bridgehead atoms. The lowest BCUT2D eigenvalue weighted by molar-refractivity contribution is -0.130. The van der Waals surface area contributed by atoms with Crippen molar-refractivity contribution in [2.45, 2.75) is 26.7 Å². The quantitative estimate of drug-likeness (QED) is 0.645. The van der Waals surface area contributed by atoms with Crippen LogP contribution in [0.15, 0.2) is 30.3 Å². The molecule has 0 N–H and O–H groups in total. The Morgan fingerprint density at radius 3 is 2.52 bits per heavy atom. The number of thiophene rings is 1. The van der Waals surface area contributed by atoms with Crippen molar-refractivity contribution in [1.82, 2.24) is 14.9 Å². The van der Waals surface area contributed by atoms with E-state index in [0.29, 0.717) is 19.5 Å². The van der Waals surface area contributed by atoms with E-state index in [4.69, 9.17) is 9.72 Å². The first kappa shape index (κ1) is 19.6. The van der Waals surface area contributed by atoms with Crippen LogP contribution in [0.5, 0.6) is 5.75 Å². The molecule has 6 nitrogen and oxygen atoms in total. The molecule has 2 aromatic heterocycles. The van der Waals surface area contributed by atoms with Crippen molar-refractivity contribution in [2.75, 3.05) is 38.2 Å². The first-order valence-electron chi connectivity index (χ1n) is 10.00. The summed E-state index contributed by atoms with van der Waals surface area (Å²) >= 11 is 1.75. The smallest absolute Gasteiger partial charge is 0.227 e. The van der Waals surface area contributed by atoms with E-state index in [-0.39, 0.29) is 5.91 Å². The van der Waals surface area contributed by atoms with Crippen LogP contribution < -0.4 is 9.64 Å². The van der Waals surface area contributed by atoms with Crippen molar-refractivity contribution in [2.24, 2.45) is 0 Å². The summed E-state index contributed by atoms with van der Waals surface area (Å²) in [4.78, 5) is 28.7. The number of hydrogen-bond acceptors (Lipinski definition) is 6. The number of ether oxygens (including phenoxy) is 1. The second-order valence-corrected chi connectivity index (χ2v) is 8.39. The Bertz CT molecular complexity index is 1010. The van der Waals surface area contributed by atoms with Gasteiger partial charge in [0.2, 0.25) is 5.91 Å². The van der Waals surface area contributed by atoms with Gasteiger partial charge >= 0.3 is 0 Å². The normalized spacial score (nSPS) is 14.4. The maximum absolute atomic E-state index is 12.7. The maximum atomic E-state index is 12.7. The zero-order valence-electron chi connectivity index (χ0n) is 17.1. The average molecular weight is 411 g/mol. The number of aryl methyl sites for hydroxylation is 2. The Morgan fingerprint density at radius 1 is 1.14 bits per heavy atom. The van der Waals surface area contributed by atoms with Crippen molar-refractivity contribution in [3.63, 3.8) is 0 Å². The van der Waals surface area contributed by atoms with Crippen LogP contribution in [0.2, 0.25) is 0 Å². The summed E-state index contributed by atoms with van der Waals surface area (Å²) in [5.41, 5.74) is 1.01. The molecule has 0 spiro atoms. The van der Waals surface area contributed by atoms with Crippen LogP contribution in [-0.4, -0.2) is 54.1 Å². The maximum Gasteiger partial charge on any atom is 0.227 e. The summed E-state index contributed by atoms with van der Waals surface area (Å²) < 4.78 is 5.18. The monoisotopic (exact) mass is 410 g/mol. The van der Waals surface area contributed by atoms with Crippen LogP contribution in [0, 0.1) is 6.92 Å². The molecule has 1 saturated heterocycles. The van der Waals surface area contributed by atoms with Crippen LogP contribution in [0.25, 0.3) is 10.2 Å². The average Bonchev–Trinajstić information content (AvgIpc) is 3.17. The van der Waals surface area contributed by atoms with Gasteiger partial charge in [0, 0.05) is 31.1 Å². The van der Waals surface area contributed by atoms with Crippen LogP contribution in [0.1, 0.15) is 23.2 Å². The number of nitrogens with zero attached hydrogens (tertiary/aromatic N) is 4. The minimum absolute atomic E-state index is 0.169. The highest BCUT2D eigenvalue weighted by Crippen LogP contribution is 2.31. The molecule has 1 amide bonds. The van der Waals surface area contributed by atoms with E-state index in [1.165, 1.54) is 4.88 Å². The van der Waals surface area contributed by atoms with Crippen LogP contribution in [0.3, 0.4) is 0 Å². The highest BCUT2D eigenvalue weighted by Gasteiger charge is 2.24. The Hall–Kier alpha value is -2.67. The predicted octanol–water partition coefficient (Wildman–Crippen LogP) is 3.46. The SMILES string of the molecule is CCc1cc2c(N3CCN(C(=O)Cc4ccc(OC)cc4)CC3)nc(C)nc2s1. The fraction of sp³-hybridized carbons (Fsp3) is 0.409. The van der Waals surface area contributed by atoms with Crippen LogP contribution >= 0.6 is 11.3 Å². The molecular formula is C22H26N4O2S. The standard InChI is InChI=1S/C22H26N4O2S/c1-4-18-14-19-21(23-15(2)24-22(19)29-18)26-11-9-25(10-12-26)20(27)13-16-5-7-17(28-3)8-6-16/h5-8,14H,4,9-13H2,1-3H3. The highest BCUT2D eigenvalue weighted by atomic mass is 32.1. The number of hydrogen-bond donors (Lipinski definition) is 0. The summed E-state index contributed by atoms with van der Waals surface area (Å²) in [5, 5.41) is 1.13. The second kappa shape index (κ2) is 8.37. The van der Waals surface area contributed by atoms with Crippen LogP contribution in [0.4, 0.5) is 5.82 Å². The number of aromatic nitrogens is 2. The van der Waals surface area contributed by atoms with Gasteiger partial charge in [-0.15, -0.1) is 11.3 Å². The number of carbonyl (C=O) groups excluding carboxylic acids is 1. The van der Waals surface area contributed by atoms with Gasteiger partial charge in [-0.1, -0.05) is 19.1 Å². The molecule has 1 aliphatic rings. The van der Waals surface area contributed by atoms with E-state index in [9.17, 15) is 4.79 Å². The van der Waals surface area contributed by atoms with Gasteiger partial charge in [0.1, 0.15) is 22.2 Å². The van der Waals surface area contributed by atoms with Crippen molar-refractivity contribution in [1.29, 1.82) is 0 Å². The van der Waals surface area contributed by atoms with E-state index in [1.807, 2.05) is 36.1 Å². The molecule has 29 heavy (non-hydrogen) atoms. The number of carbonyl (C=O) groups is 1. The lowest BCUT2D eigenvalue weighted by atomic mass is 10.1.